The number of Topliss-reactive ketones (excluding diaryl/α,β-unsaturated/α-hetero) is 1. The monoisotopic (exact) mass is 834 g/mol. The number of rotatable bonds is 30. The van der Waals surface area contributed by atoms with Crippen molar-refractivity contribution in [2.24, 2.45) is 35.0 Å². The molecule has 19 nitrogen and oxygen atoms in total. The molecule has 1 aliphatic carbocycles. The fourth-order valence-corrected chi connectivity index (χ4v) is 6.09. The molecule has 0 aromatic heterocycles. The highest BCUT2D eigenvalue weighted by Crippen LogP contribution is 2.36. The minimum atomic E-state index is -1.81. The average Bonchev–Trinajstić information content (AvgIpc) is 3.20. The van der Waals surface area contributed by atoms with Crippen LogP contribution in [0.1, 0.15) is 91.4 Å². The first-order valence-electron chi connectivity index (χ1n) is 19.7. The fraction of sp³-hybridized carbons (Fsp3) is 0.795. The fourth-order valence-electron chi connectivity index (χ4n) is 6.09. The Labute approximate surface area is 338 Å². The summed E-state index contributed by atoms with van der Waals surface area (Å²) in [5, 5.41) is 36.1. The summed E-state index contributed by atoms with van der Waals surface area (Å²) in [4.78, 5) is 102. The van der Waals surface area contributed by atoms with Crippen LogP contribution in [0.25, 0.3) is 0 Å². The molecule has 0 heterocycles. The van der Waals surface area contributed by atoms with Crippen LogP contribution in [0.15, 0.2) is 0 Å². The van der Waals surface area contributed by atoms with Crippen molar-refractivity contribution in [3.8, 4) is 0 Å². The van der Waals surface area contributed by atoms with E-state index >= 15 is 0 Å². The number of hydrogen-bond donors (Lipinski definition) is 4. The van der Waals surface area contributed by atoms with Crippen molar-refractivity contribution in [2.45, 2.75) is 91.4 Å². The maximum absolute atomic E-state index is 13.7. The maximum atomic E-state index is 13.7. The summed E-state index contributed by atoms with van der Waals surface area (Å²) in [7, 11) is 0. The Bertz CT molecular complexity index is 1270. The number of carbonyl (C=O) groups is 8. The highest BCUT2D eigenvalue weighted by Gasteiger charge is 2.43. The van der Waals surface area contributed by atoms with E-state index in [1.54, 1.807) is 0 Å². The Morgan fingerprint density at radius 2 is 1.00 bits per heavy atom. The third-order valence-corrected chi connectivity index (χ3v) is 9.17. The van der Waals surface area contributed by atoms with Crippen LogP contribution in [0.4, 0.5) is 0 Å². The first-order chi connectivity index (χ1) is 27.6. The summed E-state index contributed by atoms with van der Waals surface area (Å²) in [6, 6.07) is 0. The van der Waals surface area contributed by atoms with Crippen LogP contribution in [0.5, 0.6) is 0 Å². The smallest absolute Gasteiger partial charge is 0.309 e. The van der Waals surface area contributed by atoms with Gasteiger partial charge in [-0.25, -0.2) is 0 Å². The topological polar surface area (TPSA) is 282 Å². The zero-order chi connectivity index (χ0) is 43.5. The van der Waals surface area contributed by atoms with Crippen molar-refractivity contribution in [3.63, 3.8) is 0 Å². The van der Waals surface area contributed by atoms with Gasteiger partial charge in [-0.05, 0) is 43.9 Å². The second kappa shape index (κ2) is 29.1. The van der Waals surface area contributed by atoms with Crippen LogP contribution in [0.3, 0.4) is 0 Å². The van der Waals surface area contributed by atoms with Gasteiger partial charge in [0.05, 0.1) is 63.8 Å². The van der Waals surface area contributed by atoms with Gasteiger partial charge < -0.3 is 53.6 Å². The van der Waals surface area contributed by atoms with Crippen LogP contribution in [-0.4, -0.2) is 141 Å². The number of ketones is 1. The normalized spacial score (nSPS) is 17.1. The van der Waals surface area contributed by atoms with Gasteiger partial charge in [-0.15, -0.1) is 0 Å². The largest absolute Gasteiger partial charge is 0.465 e. The van der Waals surface area contributed by atoms with Gasteiger partial charge in [0.1, 0.15) is 57.4 Å². The second-order valence-electron chi connectivity index (χ2n) is 14.8. The first kappa shape index (κ1) is 51.8. The zero-order valence-electron chi connectivity index (χ0n) is 33.9. The predicted octanol–water partition coefficient (Wildman–Crippen LogP) is 0.759. The third kappa shape index (κ3) is 21.5. The van der Waals surface area contributed by atoms with E-state index in [1.807, 2.05) is 20.8 Å². The summed E-state index contributed by atoms with van der Waals surface area (Å²) in [5.74, 6) is -8.74. The van der Waals surface area contributed by atoms with Crippen molar-refractivity contribution in [1.29, 1.82) is 0 Å². The Hall–Kier alpha value is -4.20. The molecule has 0 amide bonds. The number of aliphatic hydroxyl groups excluding tert-OH is 4. The van der Waals surface area contributed by atoms with Crippen molar-refractivity contribution in [2.75, 3.05) is 72.7 Å². The standard InChI is InChI=1S/C39H62O19/c1-26(2)19-28(31(44)5-4-12-40)21-36(49)57-24-39(22-55-34(47)10-8-32(45)52-16-13-41,23-56-35(48)11-9-33(46)53-17-14-42)25-58-37(50)29-7-6-27(3)20-30(29)38(51)54-18-15-43/h26-30,40-43H,4-25H2,1-3H3. The highest BCUT2D eigenvalue weighted by molar-refractivity contribution is 5.85. The van der Waals surface area contributed by atoms with Gasteiger partial charge in [-0.3, -0.25) is 38.4 Å². The highest BCUT2D eigenvalue weighted by atomic mass is 16.6. The van der Waals surface area contributed by atoms with Crippen molar-refractivity contribution < 1.29 is 91.9 Å². The van der Waals surface area contributed by atoms with Crippen LogP contribution < -0.4 is 0 Å². The second-order valence-corrected chi connectivity index (χ2v) is 14.8. The molecule has 332 valence electrons. The molecule has 4 N–H and O–H groups in total. The van der Waals surface area contributed by atoms with Crippen molar-refractivity contribution in [1.82, 2.24) is 0 Å². The van der Waals surface area contributed by atoms with Gasteiger partial charge in [-0.1, -0.05) is 20.8 Å². The molecule has 0 bridgehead atoms. The number of esters is 7. The van der Waals surface area contributed by atoms with Gasteiger partial charge in [0.15, 0.2) is 0 Å². The van der Waals surface area contributed by atoms with E-state index in [-0.39, 0.29) is 76.2 Å². The third-order valence-electron chi connectivity index (χ3n) is 9.17. The van der Waals surface area contributed by atoms with E-state index < -0.39 is 137 Å². The van der Waals surface area contributed by atoms with Gasteiger partial charge in [0, 0.05) is 18.9 Å². The lowest BCUT2D eigenvalue weighted by Crippen LogP contribution is -2.45. The van der Waals surface area contributed by atoms with E-state index in [1.165, 1.54) is 0 Å². The summed E-state index contributed by atoms with van der Waals surface area (Å²) in [6.07, 6.45) is -0.516. The quantitative estimate of drug-likeness (QED) is 0.0574. The zero-order valence-corrected chi connectivity index (χ0v) is 33.9. The number of ether oxygens (including phenoxy) is 7. The minimum Gasteiger partial charge on any atom is -0.465 e. The number of carbonyl (C=O) groups excluding carboxylic acids is 8. The Balaban J connectivity index is 3.44. The van der Waals surface area contributed by atoms with Gasteiger partial charge >= 0.3 is 41.8 Å². The molecular formula is C39H62O19. The van der Waals surface area contributed by atoms with E-state index in [4.69, 9.17) is 48.5 Å². The van der Waals surface area contributed by atoms with E-state index in [0.29, 0.717) is 12.8 Å². The maximum Gasteiger partial charge on any atom is 0.309 e. The molecule has 0 radical (unpaired) electrons. The Morgan fingerprint density at radius 3 is 1.48 bits per heavy atom. The molecule has 0 spiro atoms. The molecule has 4 atom stereocenters. The molecule has 0 saturated heterocycles. The van der Waals surface area contributed by atoms with Crippen LogP contribution in [0, 0.1) is 35.0 Å². The molecule has 4 unspecified atom stereocenters. The molecule has 58 heavy (non-hydrogen) atoms. The SMILES string of the molecule is CC(C)CC(CC(=O)OCC(COC(=O)CCC(=O)OCCO)(COC(=O)CCC(=O)OCCO)COC(=O)C1CCC(C)CC1C(=O)OCCO)C(=O)CCCO. The lowest BCUT2D eigenvalue weighted by atomic mass is 9.74. The van der Waals surface area contributed by atoms with E-state index in [2.05, 4.69) is 0 Å². The molecule has 0 aliphatic heterocycles. The Kier molecular flexibility index (Phi) is 26.0. The summed E-state index contributed by atoms with van der Waals surface area (Å²) >= 11 is 0. The lowest BCUT2D eigenvalue weighted by molar-refractivity contribution is -0.177. The summed E-state index contributed by atoms with van der Waals surface area (Å²) in [6.45, 7) is 0.447. The van der Waals surface area contributed by atoms with Gasteiger partial charge in [0.2, 0.25) is 0 Å². The summed E-state index contributed by atoms with van der Waals surface area (Å²) in [5.41, 5.74) is -1.81. The van der Waals surface area contributed by atoms with Crippen LogP contribution >= 0.6 is 0 Å². The molecule has 1 aliphatic rings. The van der Waals surface area contributed by atoms with Crippen molar-refractivity contribution >= 4 is 47.6 Å². The molecular weight excluding hydrogens is 772 g/mol. The predicted molar refractivity (Wildman–Crippen MR) is 198 cm³/mol. The molecule has 1 fully saturated rings. The van der Waals surface area contributed by atoms with Gasteiger partial charge in [0.25, 0.3) is 0 Å². The van der Waals surface area contributed by atoms with Crippen molar-refractivity contribution in [3.05, 3.63) is 0 Å². The Morgan fingerprint density at radius 1 is 0.552 bits per heavy atom. The van der Waals surface area contributed by atoms with E-state index in [9.17, 15) is 43.5 Å². The first-order valence-corrected chi connectivity index (χ1v) is 19.7. The van der Waals surface area contributed by atoms with E-state index in [0.717, 1.165) is 0 Å². The molecule has 0 aromatic carbocycles. The van der Waals surface area contributed by atoms with Crippen LogP contribution in [-0.2, 0) is 71.5 Å². The minimum absolute atomic E-state index is 0.0163. The molecule has 0 aromatic rings. The van der Waals surface area contributed by atoms with Crippen LogP contribution in [0.2, 0.25) is 0 Å². The number of hydrogen-bond acceptors (Lipinski definition) is 19. The molecule has 1 saturated carbocycles. The average molecular weight is 835 g/mol. The summed E-state index contributed by atoms with van der Waals surface area (Å²) < 4.78 is 36.8. The molecule has 19 heteroatoms. The molecule has 1 rings (SSSR count). The van der Waals surface area contributed by atoms with Gasteiger partial charge in [-0.2, -0.15) is 0 Å². The number of aliphatic hydroxyl groups is 4. The lowest BCUT2D eigenvalue weighted by Gasteiger charge is -2.34.